The normalized spacial score (nSPS) is 23.8. The maximum absolute atomic E-state index is 12.0. The minimum atomic E-state index is 0.221. The lowest BCUT2D eigenvalue weighted by Gasteiger charge is -2.23. The first-order chi connectivity index (χ1) is 10.2. The van der Waals surface area contributed by atoms with Crippen molar-refractivity contribution in [2.75, 3.05) is 13.1 Å². The Balaban J connectivity index is 1.48. The summed E-state index contributed by atoms with van der Waals surface area (Å²) in [6.45, 7) is 1.95. The molecule has 2 heterocycles. The van der Waals surface area contributed by atoms with E-state index >= 15 is 0 Å². The van der Waals surface area contributed by atoms with Gasteiger partial charge in [0.2, 0.25) is 5.91 Å². The number of hydrogen-bond donors (Lipinski definition) is 1. The van der Waals surface area contributed by atoms with Gasteiger partial charge in [0.25, 0.3) is 0 Å². The van der Waals surface area contributed by atoms with E-state index in [0.717, 1.165) is 25.9 Å². The lowest BCUT2D eigenvalue weighted by atomic mass is 10.1. The monoisotopic (exact) mass is 290 g/mol. The minimum absolute atomic E-state index is 0.221. The number of hydrogen-bond acceptors (Lipinski definition) is 3. The number of carbonyl (C=O) groups is 1. The molecule has 5 nitrogen and oxygen atoms in total. The molecule has 2 aliphatic rings. The van der Waals surface area contributed by atoms with Crippen molar-refractivity contribution in [3.8, 4) is 0 Å². The number of likely N-dealkylation sites (tertiary alicyclic amines) is 1. The molecule has 1 aromatic heterocycles. The Labute approximate surface area is 126 Å². The van der Waals surface area contributed by atoms with Gasteiger partial charge in [0.15, 0.2) is 0 Å². The van der Waals surface area contributed by atoms with E-state index in [0.29, 0.717) is 18.5 Å². The first-order valence-electron chi connectivity index (χ1n) is 8.24. The van der Waals surface area contributed by atoms with E-state index in [9.17, 15) is 4.79 Å². The molecule has 3 rings (SSSR count). The van der Waals surface area contributed by atoms with Crippen molar-refractivity contribution >= 4 is 5.91 Å². The summed E-state index contributed by atoms with van der Waals surface area (Å²) in [6, 6.07) is 0.878. The molecule has 0 aromatic carbocycles. The largest absolute Gasteiger partial charge is 0.353 e. The quantitative estimate of drug-likeness (QED) is 0.902. The van der Waals surface area contributed by atoms with Crippen LogP contribution in [0.25, 0.3) is 0 Å². The predicted octanol–water partition coefficient (Wildman–Crippen LogP) is 2.01. The molecule has 21 heavy (non-hydrogen) atoms. The molecule has 1 aliphatic carbocycles. The summed E-state index contributed by atoms with van der Waals surface area (Å²) in [5.41, 5.74) is 1.28. The number of aryl methyl sites for hydroxylation is 1. The summed E-state index contributed by atoms with van der Waals surface area (Å²) in [7, 11) is 1.96. The van der Waals surface area contributed by atoms with Crippen molar-refractivity contribution in [1.29, 1.82) is 0 Å². The van der Waals surface area contributed by atoms with Gasteiger partial charge in [-0.1, -0.05) is 12.8 Å². The minimum Gasteiger partial charge on any atom is -0.353 e. The molecule has 1 aromatic rings. The van der Waals surface area contributed by atoms with Gasteiger partial charge in [0, 0.05) is 43.9 Å². The molecule has 1 saturated heterocycles. The van der Waals surface area contributed by atoms with Crippen LogP contribution in [-0.4, -0.2) is 39.7 Å². The molecule has 116 valence electrons. The molecule has 1 aliphatic heterocycles. The number of nitrogens with one attached hydrogen (secondary N) is 1. The molecule has 1 amide bonds. The van der Waals surface area contributed by atoms with Gasteiger partial charge in [-0.25, -0.2) is 0 Å². The van der Waals surface area contributed by atoms with E-state index in [-0.39, 0.29) is 5.91 Å². The molecule has 1 saturated carbocycles. The van der Waals surface area contributed by atoms with E-state index in [2.05, 4.69) is 21.5 Å². The molecule has 1 N–H and O–H groups in total. The summed E-state index contributed by atoms with van der Waals surface area (Å²) >= 11 is 0. The SMILES string of the molecule is Cn1cc([C@@H]2CCCN2CCC(=O)NC2CCCC2)cn1. The number of nitrogens with zero attached hydrogens (tertiary/aromatic N) is 3. The first-order valence-corrected chi connectivity index (χ1v) is 8.24. The van der Waals surface area contributed by atoms with Gasteiger partial charge in [-0.3, -0.25) is 14.4 Å². The fraction of sp³-hybridized carbons (Fsp3) is 0.750. The van der Waals surface area contributed by atoms with E-state index < -0.39 is 0 Å². The highest BCUT2D eigenvalue weighted by atomic mass is 16.1. The molecule has 1 atom stereocenters. The highest BCUT2D eigenvalue weighted by molar-refractivity contribution is 5.76. The third kappa shape index (κ3) is 3.64. The van der Waals surface area contributed by atoms with Crippen molar-refractivity contribution in [2.45, 2.75) is 57.0 Å². The highest BCUT2D eigenvalue weighted by Crippen LogP contribution is 2.31. The Morgan fingerprint density at radius 3 is 2.86 bits per heavy atom. The van der Waals surface area contributed by atoms with Crippen LogP contribution in [-0.2, 0) is 11.8 Å². The fourth-order valence-electron chi connectivity index (χ4n) is 3.70. The average molecular weight is 290 g/mol. The van der Waals surface area contributed by atoms with Crippen molar-refractivity contribution in [3.05, 3.63) is 18.0 Å². The second-order valence-corrected chi connectivity index (χ2v) is 6.44. The van der Waals surface area contributed by atoms with Crippen molar-refractivity contribution in [1.82, 2.24) is 20.0 Å². The zero-order chi connectivity index (χ0) is 14.7. The number of carbonyl (C=O) groups excluding carboxylic acids is 1. The molecule has 0 bridgehead atoms. The van der Waals surface area contributed by atoms with E-state index in [1.807, 2.05) is 17.9 Å². The molecule has 0 radical (unpaired) electrons. The Hall–Kier alpha value is -1.36. The van der Waals surface area contributed by atoms with E-state index in [1.165, 1.54) is 31.2 Å². The standard InChI is InChI=1S/C16H26N4O/c1-19-12-13(11-17-19)15-7-4-9-20(15)10-8-16(21)18-14-5-2-3-6-14/h11-12,14-15H,2-10H2,1H3,(H,18,21)/t15-/m0/s1. The molecule has 5 heteroatoms. The van der Waals surface area contributed by atoms with Crippen LogP contribution in [0.15, 0.2) is 12.4 Å². The second-order valence-electron chi connectivity index (χ2n) is 6.44. The van der Waals surface area contributed by atoms with Crippen LogP contribution in [0, 0.1) is 0 Å². The summed E-state index contributed by atoms with van der Waals surface area (Å²) in [5.74, 6) is 0.221. The zero-order valence-electron chi connectivity index (χ0n) is 12.9. The molecular weight excluding hydrogens is 264 g/mol. The predicted molar refractivity (Wildman–Crippen MR) is 81.8 cm³/mol. The Morgan fingerprint density at radius 1 is 1.33 bits per heavy atom. The van der Waals surface area contributed by atoms with Gasteiger partial charge in [0.1, 0.15) is 0 Å². The fourth-order valence-corrected chi connectivity index (χ4v) is 3.70. The van der Waals surface area contributed by atoms with Gasteiger partial charge < -0.3 is 5.32 Å². The van der Waals surface area contributed by atoms with Crippen molar-refractivity contribution in [3.63, 3.8) is 0 Å². The third-order valence-electron chi connectivity index (χ3n) is 4.82. The Bertz CT molecular complexity index is 478. The number of rotatable bonds is 5. The Kier molecular flexibility index (Phi) is 4.58. The number of aromatic nitrogens is 2. The number of amides is 1. The second kappa shape index (κ2) is 6.60. The van der Waals surface area contributed by atoms with E-state index in [4.69, 9.17) is 0 Å². The average Bonchev–Trinajstić information content (AvgIpc) is 3.17. The maximum atomic E-state index is 12.0. The van der Waals surface area contributed by atoms with Crippen LogP contribution < -0.4 is 5.32 Å². The summed E-state index contributed by atoms with van der Waals surface area (Å²) in [5, 5.41) is 7.45. The topological polar surface area (TPSA) is 50.2 Å². The van der Waals surface area contributed by atoms with Gasteiger partial charge in [-0.05, 0) is 32.2 Å². The van der Waals surface area contributed by atoms with E-state index in [1.54, 1.807) is 0 Å². The third-order valence-corrected chi connectivity index (χ3v) is 4.82. The summed E-state index contributed by atoms with van der Waals surface area (Å²) in [6.07, 6.45) is 11.9. The van der Waals surface area contributed by atoms with Gasteiger partial charge in [-0.2, -0.15) is 5.10 Å². The van der Waals surface area contributed by atoms with Crippen LogP contribution >= 0.6 is 0 Å². The molecule has 2 fully saturated rings. The van der Waals surface area contributed by atoms with Crippen molar-refractivity contribution < 1.29 is 4.79 Å². The molecule has 0 unspecified atom stereocenters. The van der Waals surface area contributed by atoms with Gasteiger partial charge in [-0.15, -0.1) is 0 Å². The van der Waals surface area contributed by atoms with Crippen LogP contribution in [0.3, 0.4) is 0 Å². The summed E-state index contributed by atoms with van der Waals surface area (Å²) < 4.78 is 1.86. The zero-order valence-corrected chi connectivity index (χ0v) is 12.9. The Morgan fingerprint density at radius 2 is 2.14 bits per heavy atom. The van der Waals surface area contributed by atoms with Gasteiger partial charge >= 0.3 is 0 Å². The molecule has 0 spiro atoms. The summed E-state index contributed by atoms with van der Waals surface area (Å²) in [4.78, 5) is 14.5. The van der Waals surface area contributed by atoms with Crippen molar-refractivity contribution in [2.24, 2.45) is 7.05 Å². The van der Waals surface area contributed by atoms with Gasteiger partial charge in [0.05, 0.1) is 6.20 Å². The first kappa shape index (κ1) is 14.6. The van der Waals surface area contributed by atoms with Crippen LogP contribution in [0.4, 0.5) is 0 Å². The van der Waals surface area contributed by atoms with Crippen LogP contribution in [0.2, 0.25) is 0 Å². The molecular formula is C16H26N4O. The maximum Gasteiger partial charge on any atom is 0.221 e. The lowest BCUT2D eigenvalue weighted by Crippen LogP contribution is -2.35. The smallest absolute Gasteiger partial charge is 0.221 e. The van der Waals surface area contributed by atoms with Crippen LogP contribution in [0.1, 0.15) is 56.6 Å². The highest BCUT2D eigenvalue weighted by Gasteiger charge is 2.27. The lowest BCUT2D eigenvalue weighted by molar-refractivity contribution is -0.122. The van der Waals surface area contributed by atoms with Crippen LogP contribution in [0.5, 0.6) is 0 Å².